The molecule has 0 bridgehead atoms. The van der Waals surface area contributed by atoms with Gasteiger partial charge in [0, 0.05) is 18.3 Å². The van der Waals surface area contributed by atoms with Crippen molar-refractivity contribution in [2.45, 2.75) is 32.7 Å². The highest BCUT2D eigenvalue weighted by Gasteiger charge is 2.26. The highest BCUT2D eigenvalue weighted by molar-refractivity contribution is 5.92. The first-order valence-corrected chi connectivity index (χ1v) is 7.39. The molecule has 2 rings (SSSR count). The van der Waals surface area contributed by atoms with E-state index in [0.29, 0.717) is 25.0 Å². The molecule has 4 nitrogen and oxygen atoms in total. The van der Waals surface area contributed by atoms with Crippen molar-refractivity contribution in [2.24, 2.45) is 11.7 Å². The van der Waals surface area contributed by atoms with Gasteiger partial charge < -0.3 is 11.1 Å². The van der Waals surface area contributed by atoms with Crippen LogP contribution in [0.3, 0.4) is 0 Å². The molecule has 1 amide bonds. The third-order valence-corrected chi connectivity index (χ3v) is 4.02. The summed E-state index contributed by atoms with van der Waals surface area (Å²) in [5, 5.41) is 2.96. The summed E-state index contributed by atoms with van der Waals surface area (Å²) in [4.78, 5) is 14.4. The lowest BCUT2D eigenvalue weighted by atomic mass is 9.92. The Hall–Kier alpha value is -1.10. The van der Waals surface area contributed by atoms with Gasteiger partial charge in [0.25, 0.3) is 0 Å². The quantitative estimate of drug-likeness (QED) is 0.898. The van der Waals surface area contributed by atoms with E-state index in [2.05, 4.69) is 17.1 Å². The lowest BCUT2D eigenvalue weighted by molar-refractivity contribution is -0.118. The van der Waals surface area contributed by atoms with Crippen LogP contribution in [0.4, 0.5) is 5.69 Å². The van der Waals surface area contributed by atoms with Crippen LogP contribution in [0.1, 0.15) is 25.3 Å². The molecule has 1 heterocycles. The second kappa shape index (κ2) is 8.37. The molecule has 1 aromatic rings. The number of hydrogen-bond donors (Lipinski definition) is 2. The van der Waals surface area contributed by atoms with Crippen LogP contribution < -0.4 is 11.1 Å². The molecule has 5 heteroatoms. The third kappa shape index (κ3) is 5.30. The molecule has 21 heavy (non-hydrogen) atoms. The SMILES string of the molecule is Cc1cccc(NC(=O)CN2CCC(C)CC2CN)c1.Cl. The number of nitrogens with zero attached hydrogens (tertiary/aromatic N) is 1. The Balaban J connectivity index is 0.00000220. The van der Waals surface area contributed by atoms with E-state index < -0.39 is 0 Å². The second-order valence-electron chi connectivity index (χ2n) is 5.91. The van der Waals surface area contributed by atoms with E-state index in [1.165, 1.54) is 0 Å². The van der Waals surface area contributed by atoms with Gasteiger partial charge in [0.1, 0.15) is 0 Å². The summed E-state index contributed by atoms with van der Waals surface area (Å²) in [7, 11) is 0. The number of anilines is 1. The molecule has 0 spiro atoms. The number of carbonyl (C=O) groups excluding carboxylic acids is 1. The monoisotopic (exact) mass is 311 g/mol. The average Bonchev–Trinajstić information content (AvgIpc) is 2.40. The number of piperidine rings is 1. The summed E-state index contributed by atoms with van der Waals surface area (Å²) in [5.74, 6) is 0.753. The van der Waals surface area contributed by atoms with Crippen LogP contribution in [-0.2, 0) is 4.79 Å². The van der Waals surface area contributed by atoms with Gasteiger partial charge in [-0.15, -0.1) is 12.4 Å². The van der Waals surface area contributed by atoms with Gasteiger partial charge in [-0.05, 0) is 49.9 Å². The average molecular weight is 312 g/mol. The fourth-order valence-corrected chi connectivity index (χ4v) is 2.86. The van der Waals surface area contributed by atoms with Gasteiger partial charge in [-0.1, -0.05) is 19.1 Å². The molecule has 2 atom stereocenters. The first kappa shape index (κ1) is 18.0. The highest BCUT2D eigenvalue weighted by Crippen LogP contribution is 2.21. The van der Waals surface area contributed by atoms with Gasteiger partial charge in [0.2, 0.25) is 5.91 Å². The molecule has 1 aliphatic heterocycles. The second-order valence-corrected chi connectivity index (χ2v) is 5.91. The van der Waals surface area contributed by atoms with E-state index in [1.54, 1.807) is 0 Å². The Labute approximate surface area is 133 Å². The van der Waals surface area contributed by atoms with Crippen LogP contribution in [0.5, 0.6) is 0 Å². The van der Waals surface area contributed by atoms with E-state index in [1.807, 2.05) is 31.2 Å². The molecule has 0 radical (unpaired) electrons. The van der Waals surface area contributed by atoms with Crippen molar-refractivity contribution in [3.8, 4) is 0 Å². The summed E-state index contributed by atoms with van der Waals surface area (Å²) in [6, 6.07) is 8.21. The molecule has 2 unspecified atom stereocenters. The predicted octanol–water partition coefficient (Wildman–Crippen LogP) is 2.41. The predicted molar refractivity (Wildman–Crippen MR) is 89.9 cm³/mol. The summed E-state index contributed by atoms with van der Waals surface area (Å²) >= 11 is 0. The number of aryl methyl sites for hydroxylation is 1. The number of hydrogen-bond acceptors (Lipinski definition) is 3. The van der Waals surface area contributed by atoms with E-state index in [4.69, 9.17) is 5.73 Å². The molecule has 0 aromatic heterocycles. The normalized spacial score (nSPS) is 22.4. The maximum atomic E-state index is 12.1. The number of rotatable bonds is 4. The van der Waals surface area contributed by atoms with Crippen molar-refractivity contribution in [1.82, 2.24) is 4.90 Å². The van der Waals surface area contributed by atoms with Gasteiger partial charge in [-0.2, -0.15) is 0 Å². The number of amides is 1. The van der Waals surface area contributed by atoms with Crippen molar-refractivity contribution in [3.63, 3.8) is 0 Å². The first-order valence-electron chi connectivity index (χ1n) is 7.39. The standard InChI is InChI=1S/C16H25N3O.ClH/c1-12-4-3-5-14(8-12)18-16(20)11-19-7-6-13(2)9-15(19)10-17;/h3-5,8,13,15H,6-7,9-11,17H2,1-2H3,(H,18,20);1H. The molecule has 1 fully saturated rings. The lowest BCUT2D eigenvalue weighted by Crippen LogP contribution is -2.49. The molecule has 1 aliphatic rings. The maximum Gasteiger partial charge on any atom is 0.238 e. The number of benzene rings is 1. The van der Waals surface area contributed by atoms with Gasteiger partial charge in [-0.25, -0.2) is 0 Å². The van der Waals surface area contributed by atoms with Gasteiger partial charge in [0.15, 0.2) is 0 Å². The van der Waals surface area contributed by atoms with Crippen molar-refractivity contribution in [3.05, 3.63) is 29.8 Å². The summed E-state index contributed by atoms with van der Waals surface area (Å²) in [6.07, 6.45) is 2.24. The number of nitrogens with one attached hydrogen (secondary N) is 1. The Morgan fingerprint density at radius 1 is 1.48 bits per heavy atom. The van der Waals surface area contributed by atoms with E-state index in [-0.39, 0.29) is 18.3 Å². The molecular weight excluding hydrogens is 286 g/mol. The van der Waals surface area contributed by atoms with E-state index in [0.717, 1.165) is 30.6 Å². The zero-order valence-electron chi connectivity index (χ0n) is 12.8. The molecular formula is C16H26ClN3O. The molecule has 3 N–H and O–H groups in total. The third-order valence-electron chi connectivity index (χ3n) is 4.02. The maximum absolute atomic E-state index is 12.1. The van der Waals surface area contributed by atoms with Crippen molar-refractivity contribution < 1.29 is 4.79 Å². The van der Waals surface area contributed by atoms with Crippen LogP contribution >= 0.6 is 12.4 Å². The Morgan fingerprint density at radius 3 is 2.90 bits per heavy atom. The fraction of sp³-hybridized carbons (Fsp3) is 0.562. The number of carbonyl (C=O) groups is 1. The summed E-state index contributed by atoms with van der Waals surface area (Å²) in [5.41, 5.74) is 7.84. The van der Waals surface area contributed by atoms with Crippen LogP contribution in [-0.4, -0.2) is 36.5 Å². The molecule has 0 saturated carbocycles. The van der Waals surface area contributed by atoms with Crippen molar-refractivity contribution >= 4 is 24.0 Å². The zero-order chi connectivity index (χ0) is 14.5. The summed E-state index contributed by atoms with van der Waals surface area (Å²) < 4.78 is 0. The van der Waals surface area contributed by atoms with Gasteiger partial charge in [-0.3, -0.25) is 9.69 Å². The van der Waals surface area contributed by atoms with Gasteiger partial charge in [0.05, 0.1) is 6.54 Å². The van der Waals surface area contributed by atoms with E-state index in [9.17, 15) is 4.79 Å². The molecule has 1 saturated heterocycles. The smallest absolute Gasteiger partial charge is 0.238 e. The molecule has 0 aliphatic carbocycles. The van der Waals surface area contributed by atoms with Gasteiger partial charge >= 0.3 is 0 Å². The topological polar surface area (TPSA) is 58.4 Å². The van der Waals surface area contributed by atoms with Crippen molar-refractivity contribution in [1.29, 1.82) is 0 Å². The largest absolute Gasteiger partial charge is 0.329 e. The summed E-state index contributed by atoms with van der Waals surface area (Å²) in [6.45, 7) is 6.30. The minimum Gasteiger partial charge on any atom is -0.329 e. The van der Waals surface area contributed by atoms with Crippen LogP contribution in [0, 0.1) is 12.8 Å². The lowest BCUT2D eigenvalue weighted by Gasteiger charge is -2.37. The number of nitrogens with two attached hydrogens (primary N) is 1. The minimum atomic E-state index is 0. The highest BCUT2D eigenvalue weighted by atomic mass is 35.5. The Morgan fingerprint density at radius 2 is 2.24 bits per heavy atom. The van der Waals surface area contributed by atoms with Crippen molar-refractivity contribution in [2.75, 3.05) is 25.0 Å². The minimum absolute atomic E-state index is 0. The van der Waals surface area contributed by atoms with Crippen LogP contribution in [0.2, 0.25) is 0 Å². The number of likely N-dealkylation sites (tertiary alicyclic amines) is 1. The number of halogens is 1. The molecule has 1 aromatic carbocycles. The molecule has 118 valence electrons. The zero-order valence-corrected chi connectivity index (χ0v) is 13.7. The van der Waals surface area contributed by atoms with Crippen LogP contribution in [0.25, 0.3) is 0 Å². The fourth-order valence-electron chi connectivity index (χ4n) is 2.86. The Kier molecular flexibility index (Phi) is 7.15. The first-order chi connectivity index (χ1) is 9.58. The Bertz CT molecular complexity index is 467. The van der Waals surface area contributed by atoms with E-state index >= 15 is 0 Å². The van der Waals surface area contributed by atoms with Crippen LogP contribution in [0.15, 0.2) is 24.3 Å².